The molecule has 2 rings (SSSR count). The summed E-state index contributed by atoms with van der Waals surface area (Å²) < 4.78 is 0. The van der Waals surface area contributed by atoms with Gasteiger partial charge in [-0.05, 0) is 41.3 Å². The zero-order chi connectivity index (χ0) is 16.2. The maximum absolute atomic E-state index is 9.21. The van der Waals surface area contributed by atoms with Crippen LogP contribution in [0, 0.1) is 0 Å². The van der Waals surface area contributed by atoms with Crippen molar-refractivity contribution in [2.45, 2.75) is 26.2 Å². The monoisotopic (exact) mass is 290 g/mol. The molecule has 114 valence electrons. The van der Waals surface area contributed by atoms with Crippen LogP contribution in [0.15, 0.2) is 36.4 Å². The summed E-state index contributed by atoms with van der Waals surface area (Å²) >= 11 is 0. The number of rotatable bonds is 0. The lowest BCUT2D eigenvalue weighted by Crippen LogP contribution is -2.10. The fourth-order valence-electron chi connectivity index (χ4n) is 1.56. The van der Waals surface area contributed by atoms with Crippen molar-refractivity contribution < 1.29 is 15.3 Å². The molecule has 5 heteroatoms. The van der Waals surface area contributed by atoms with Crippen LogP contribution < -0.4 is 11.5 Å². The Bertz CT molecular complexity index is 619. The Morgan fingerprint density at radius 2 is 1.33 bits per heavy atom. The van der Waals surface area contributed by atoms with Gasteiger partial charge in [0, 0.05) is 5.69 Å². The SMILES string of the molecule is CC(C)(C)c1ccc(O)c(O)c1.Nc1ccc(O)c(N)c1. The second-order valence-corrected chi connectivity index (χ2v) is 5.77. The van der Waals surface area contributed by atoms with E-state index in [9.17, 15) is 5.11 Å². The van der Waals surface area contributed by atoms with Crippen molar-refractivity contribution in [3.8, 4) is 17.2 Å². The summed E-state index contributed by atoms with van der Waals surface area (Å²) in [6, 6.07) is 9.48. The summed E-state index contributed by atoms with van der Waals surface area (Å²) in [7, 11) is 0. The van der Waals surface area contributed by atoms with Crippen molar-refractivity contribution in [1.29, 1.82) is 0 Å². The quantitative estimate of drug-likeness (QED) is 0.291. The fourth-order valence-corrected chi connectivity index (χ4v) is 1.56. The van der Waals surface area contributed by atoms with Gasteiger partial charge in [0.2, 0.25) is 0 Å². The number of nitrogen functional groups attached to an aromatic ring is 2. The normalized spacial score (nSPS) is 10.6. The molecule has 2 aromatic rings. The molecule has 0 heterocycles. The van der Waals surface area contributed by atoms with Crippen molar-refractivity contribution in [3.05, 3.63) is 42.0 Å². The first kappa shape index (κ1) is 16.5. The van der Waals surface area contributed by atoms with Crippen molar-refractivity contribution in [2.24, 2.45) is 0 Å². The zero-order valence-corrected chi connectivity index (χ0v) is 12.5. The van der Waals surface area contributed by atoms with Crippen molar-refractivity contribution >= 4 is 11.4 Å². The summed E-state index contributed by atoms with van der Waals surface area (Å²) in [6.07, 6.45) is 0. The summed E-state index contributed by atoms with van der Waals surface area (Å²) in [5.74, 6) is -0.0466. The van der Waals surface area contributed by atoms with Gasteiger partial charge in [0.15, 0.2) is 11.5 Å². The molecule has 0 aromatic heterocycles. The molecule has 0 aliphatic heterocycles. The minimum atomic E-state index is -0.0667. The average Bonchev–Trinajstić information content (AvgIpc) is 2.37. The van der Waals surface area contributed by atoms with Gasteiger partial charge in [-0.2, -0.15) is 0 Å². The van der Waals surface area contributed by atoms with E-state index in [1.807, 2.05) is 6.07 Å². The summed E-state index contributed by atoms with van der Waals surface area (Å²) in [5.41, 5.74) is 12.5. The highest BCUT2D eigenvalue weighted by atomic mass is 16.3. The highest BCUT2D eigenvalue weighted by molar-refractivity contribution is 5.59. The molecule has 0 saturated heterocycles. The smallest absolute Gasteiger partial charge is 0.157 e. The van der Waals surface area contributed by atoms with E-state index >= 15 is 0 Å². The number of hydrogen-bond donors (Lipinski definition) is 5. The Hall–Kier alpha value is -2.56. The Morgan fingerprint density at radius 3 is 1.76 bits per heavy atom. The van der Waals surface area contributed by atoms with Crippen molar-refractivity contribution in [3.63, 3.8) is 0 Å². The molecular weight excluding hydrogens is 268 g/mol. The Labute approximate surface area is 124 Å². The summed E-state index contributed by atoms with van der Waals surface area (Å²) in [5, 5.41) is 27.1. The number of hydrogen-bond acceptors (Lipinski definition) is 5. The van der Waals surface area contributed by atoms with Crippen molar-refractivity contribution in [2.75, 3.05) is 11.5 Å². The maximum atomic E-state index is 9.21. The van der Waals surface area contributed by atoms with Crippen LogP contribution in [-0.4, -0.2) is 15.3 Å². The van der Waals surface area contributed by atoms with E-state index in [1.54, 1.807) is 12.1 Å². The van der Waals surface area contributed by atoms with Crippen LogP contribution in [0.2, 0.25) is 0 Å². The third-order valence-corrected chi connectivity index (χ3v) is 2.89. The standard InChI is InChI=1S/C10H14O2.C6H8N2O/c1-10(2,3)7-4-5-8(11)9(12)6-7;7-4-1-2-6(9)5(8)3-4/h4-6,11-12H,1-3H3;1-3,9H,7-8H2. The van der Waals surface area contributed by atoms with E-state index in [0.717, 1.165) is 5.56 Å². The molecule has 0 amide bonds. The van der Waals surface area contributed by atoms with Crippen LogP contribution in [0.1, 0.15) is 26.3 Å². The first-order valence-electron chi connectivity index (χ1n) is 6.47. The number of nitrogens with two attached hydrogens (primary N) is 2. The number of aromatic hydroxyl groups is 3. The van der Waals surface area contributed by atoms with Gasteiger partial charge < -0.3 is 26.8 Å². The van der Waals surface area contributed by atoms with Crippen LogP contribution in [0.4, 0.5) is 11.4 Å². The van der Waals surface area contributed by atoms with Crippen LogP contribution in [-0.2, 0) is 5.41 Å². The molecule has 2 aromatic carbocycles. The van der Waals surface area contributed by atoms with Crippen LogP contribution in [0.5, 0.6) is 17.2 Å². The topological polar surface area (TPSA) is 113 Å². The lowest BCUT2D eigenvalue weighted by atomic mass is 9.87. The van der Waals surface area contributed by atoms with Gasteiger partial charge in [-0.15, -0.1) is 0 Å². The summed E-state index contributed by atoms with van der Waals surface area (Å²) in [4.78, 5) is 0. The Morgan fingerprint density at radius 1 is 0.762 bits per heavy atom. The molecular formula is C16H22N2O3. The average molecular weight is 290 g/mol. The minimum absolute atomic E-state index is 0.00514. The van der Waals surface area contributed by atoms with Crippen LogP contribution >= 0.6 is 0 Å². The van der Waals surface area contributed by atoms with E-state index in [0.29, 0.717) is 11.4 Å². The van der Waals surface area contributed by atoms with Gasteiger partial charge in [0.25, 0.3) is 0 Å². The minimum Gasteiger partial charge on any atom is -0.506 e. The van der Waals surface area contributed by atoms with Gasteiger partial charge in [0.05, 0.1) is 5.69 Å². The molecule has 0 atom stereocenters. The largest absolute Gasteiger partial charge is 0.506 e. The van der Waals surface area contributed by atoms with Gasteiger partial charge in [0.1, 0.15) is 5.75 Å². The van der Waals surface area contributed by atoms with Gasteiger partial charge in [-0.1, -0.05) is 26.8 Å². The lowest BCUT2D eigenvalue weighted by molar-refractivity contribution is 0.401. The first-order valence-corrected chi connectivity index (χ1v) is 6.47. The van der Waals surface area contributed by atoms with Crippen LogP contribution in [0.25, 0.3) is 0 Å². The van der Waals surface area contributed by atoms with E-state index < -0.39 is 0 Å². The van der Waals surface area contributed by atoms with E-state index in [2.05, 4.69) is 20.8 Å². The van der Waals surface area contributed by atoms with E-state index in [4.69, 9.17) is 21.7 Å². The van der Waals surface area contributed by atoms with Crippen LogP contribution in [0.3, 0.4) is 0 Å². The third kappa shape index (κ3) is 4.80. The molecule has 0 bridgehead atoms. The molecule has 0 saturated carbocycles. The molecule has 5 nitrogen and oxygen atoms in total. The number of phenols is 3. The molecule has 0 unspecified atom stereocenters. The fraction of sp³-hybridized carbons (Fsp3) is 0.250. The number of phenolic OH excluding ortho intramolecular Hbond substituents is 3. The predicted molar refractivity (Wildman–Crippen MR) is 85.4 cm³/mol. The Kier molecular flexibility index (Phi) is 4.92. The lowest BCUT2D eigenvalue weighted by Gasteiger charge is -2.19. The molecule has 21 heavy (non-hydrogen) atoms. The molecule has 7 N–H and O–H groups in total. The zero-order valence-electron chi connectivity index (χ0n) is 12.5. The second-order valence-electron chi connectivity index (χ2n) is 5.77. The predicted octanol–water partition coefficient (Wildman–Crippen LogP) is 2.95. The van der Waals surface area contributed by atoms with E-state index in [1.165, 1.54) is 18.2 Å². The molecule has 0 radical (unpaired) electrons. The highest BCUT2D eigenvalue weighted by Crippen LogP contribution is 2.30. The number of benzene rings is 2. The first-order chi connectivity index (χ1) is 9.61. The highest BCUT2D eigenvalue weighted by Gasteiger charge is 2.14. The van der Waals surface area contributed by atoms with E-state index in [-0.39, 0.29) is 22.7 Å². The molecule has 0 aliphatic carbocycles. The van der Waals surface area contributed by atoms with Crippen molar-refractivity contribution in [1.82, 2.24) is 0 Å². The maximum Gasteiger partial charge on any atom is 0.157 e. The summed E-state index contributed by atoms with van der Waals surface area (Å²) in [6.45, 7) is 6.16. The van der Waals surface area contributed by atoms with Gasteiger partial charge >= 0.3 is 0 Å². The van der Waals surface area contributed by atoms with Gasteiger partial charge in [-0.3, -0.25) is 0 Å². The molecule has 0 aliphatic rings. The number of anilines is 2. The molecule has 0 spiro atoms. The second kappa shape index (κ2) is 6.26. The Balaban J connectivity index is 0.000000219. The third-order valence-electron chi connectivity index (χ3n) is 2.89. The van der Waals surface area contributed by atoms with Gasteiger partial charge in [-0.25, -0.2) is 0 Å². The molecule has 0 fully saturated rings.